The summed E-state index contributed by atoms with van der Waals surface area (Å²) in [6, 6.07) is 28.3. The first-order chi connectivity index (χ1) is 36.4. The highest BCUT2D eigenvalue weighted by Gasteiger charge is 2.27. The summed E-state index contributed by atoms with van der Waals surface area (Å²) in [4.78, 5) is 1.39. The molecule has 0 atom stereocenters. The highest BCUT2D eigenvalue weighted by Crippen LogP contribution is 2.23. The van der Waals surface area contributed by atoms with Gasteiger partial charge in [0.2, 0.25) is 40.1 Å². The topological polar surface area (TPSA) is 150 Å². The Balaban J connectivity index is 0.000000281. The number of sulfonamides is 4. The largest absolute Gasteiger partial charge is 0.243 e. The Morgan fingerprint density at radius 2 is 0.368 bits per heavy atom. The summed E-state index contributed by atoms with van der Waals surface area (Å²) in [7, 11) is -14.1. The number of hydrogen-bond donors (Lipinski definition) is 0. The van der Waals surface area contributed by atoms with E-state index >= 15 is 0 Å². The lowest BCUT2D eigenvalue weighted by Gasteiger charge is -2.22. The molecule has 0 saturated carbocycles. The van der Waals surface area contributed by atoms with Crippen molar-refractivity contribution in [2.45, 2.75) is 150 Å². The summed E-state index contributed by atoms with van der Waals surface area (Å²) in [5.74, 6) is 0. The molecule has 76 heavy (non-hydrogen) atoms. The molecule has 0 saturated heterocycles. The fraction of sp³-hybridized carbons (Fsp3) is 0.467. The van der Waals surface area contributed by atoms with E-state index < -0.39 is 40.1 Å². The number of aryl methyl sites for hydroxylation is 4. The molecule has 416 valence electrons. The van der Waals surface area contributed by atoms with Crippen LogP contribution in [0.15, 0.2) is 165 Å². The molecule has 0 unspecified atom stereocenters. The van der Waals surface area contributed by atoms with E-state index in [1.807, 2.05) is 76.2 Å². The molecule has 0 aromatic heterocycles. The van der Waals surface area contributed by atoms with Crippen molar-refractivity contribution in [2.75, 3.05) is 52.4 Å². The molecule has 0 spiro atoms. The van der Waals surface area contributed by atoms with Gasteiger partial charge in [-0.3, -0.25) is 0 Å². The lowest BCUT2D eigenvalue weighted by Crippen LogP contribution is -2.33. The number of allylic oxidation sites excluding steroid dienone is 8. The van der Waals surface area contributed by atoms with Crippen molar-refractivity contribution in [2.24, 2.45) is 0 Å². The van der Waals surface area contributed by atoms with Crippen LogP contribution in [0.3, 0.4) is 0 Å². The zero-order valence-corrected chi connectivity index (χ0v) is 48.8. The van der Waals surface area contributed by atoms with E-state index in [4.69, 9.17) is 0 Å². The Morgan fingerprint density at radius 1 is 0.237 bits per heavy atom. The van der Waals surface area contributed by atoms with Gasteiger partial charge >= 0.3 is 0 Å². The van der Waals surface area contributed by atoms with E-state index in [2.05, 4.69) is 48.6 Å². The first-order valence-electron chi connectivity index (χ1n) is 27.3. The van der Waals surface area contributed by atoms with Crippen LogP contribution in [0.2, 0.25) is 0 Å². The molecule has 0 aliphatic carbocycles. The second-order valence-electron chi connectivity index (χ2n) is 19.9. The maximum Gasteiger partial charge on any atom is 0.243 e. The third-order valence-electron chi connectivity index (χ3n) is 13.5. The van der Waals surface area contributed by atoms with Crippen molar-refractivity contribution >= 4 is 40.1 Å². The van der Waals surface area contributed by atoms with Crippen LogP contribution < -0.4 is 0 Å². The molecule has 12 nitrogen and oxygen atoms in total. The zero-order valence-electron chi connectivity index (χ0n) is 45.5. The second-order valence-corrected chi connectivity index (χ2v) is 27.6. The van der Waals surface area contributed by atoms with Gasteiger partial charge in [-0.2, -0.15) is 17.2 Å². The van der Waals surface area contributed by atoms with Crippen molar-refractivity contribution in [3.63, 3.8) is 0 Å². The molecule has 2 aliphatic rings. The first-order valence-corrected chi connectivity index (χ1v) is 33.1. The van der Waals surface area contributed by atoms with Crippen LogP contribution in [0.1, 0.15) is 125 Å². The molecule has 6 rings (SSSR count). The Labute approximate surface area is 458 Å². The standard InChI is InChI=1S/2C30H42N2O4S2/c2*1-27-15-19-29(20-16-27)37(33,34)31-23-11-7-3-5-9-13-25-32(26-14-10-6-4-8-12-24-31)38(35,36)30-21-17-28(2)18-22-30/h2*3-6,15-22H,7-14,23-26H2,1-2H3/b2*5-3+,6-4+. The van der Waals surface area contributed by atoms with Crippen LogP contribution in [0.4, 0.5) is 0 Å². The summed E-state index contributed by atoms with van der Waals surface area (Å²) in [5, 5.41) is 0. The lowest BCUT2D eigenvalue weighted by molar-refractivity contribution is 0.397. The van der Waals surface area contributed by atoms with E-state index in [1.54, 1.807) is 65.8 Å². The van der Waals surface area contributed by atoms with Crippen molar-refractivity contribution in [1.82, 2.24) is 17.2 Å². The van der Waals surface area contributed by atoms with E-state index in [9.17, 15) is 33.7 Å². The van der Waals surface area contributed by atoms with Gasteiger partial charge < -0.3 is 0 Å². The van der Waals surface area contributed by atoms with E-state index in [-0.39, 0.29) is 0 Å². The Bertz CT molecular complexity index is 2490. The molecular weight excluding hydrogens is 1030 g/mol. The Kier molecular flexibility index (Phi) is 26.1. The Hall–Kier alpha value is -4.52. The number of benzene rings is 4. The zero-order chi connectivity index (χ0) is 54.9. The summed E-state index contributed by atoms with van der Waals surface area (Å²) in [5.41, 5.74) is 4.15. The van der Waals surface area contributed by atoms with Crippen molar-refractivity contribution < 1.29 is 33.7 Å². The monoisotopic (exact) mass is 1120 g/mol. The van der Waals surface area contributed by atoms with Gasteiger partial charge in [-0.1, -0.05) is 119 Å². The fourth-order valence-electron chi connectivity index (χ4n) is 8.87. The summed E-state index contributed by atoms with van der Waals surface area (Å²) in [6.07, 6.45) is 28.9. The highest BCUT2D eigenvalue weighted by atomic mass is 32.2. The third-order valence-corrected chi connectivity index (χ3v) is 21.2. The van der Waals surface area contributed by atoms with Gasteiger partial charge in [0.25, 0.3) is 0 Å². The molecule has 0 bridgehead atoms. The highest BCUT2D eigenvalue weighted by molar-refractivity contribution is 7.90. The molecule has 2 aliphatic heterocycles. The SMILES string of the molecule is Cc1ccc(S(=O)(=O)N2CCC/C=C/CCCN(S(=O)(=O)c3ccc(C)cc3)CCC/C=C/CCC2)cc1.Cc1ccc(S(=O)(=O)N2CCC/C=C/CCCN(S(=O)(=O)c3ccc(C)cc3)CCC/C=C/CCC2)cc1. The number of hydrogen-bond acceptors (Lipinski definition) is 8. The lowest BCUT2D eigenvalue weighted by atomic mass is 10.2. The van der Waals surface area contributed by atoms with Crippen LogP contribution in [0, 0.1) is 27.7 Å². The van der Waals surface area contributed by atoms with Crippen LogP contribution in [0.25, 0.3) is 0 Å². The quantitative estimate of drug-likeness (QED) is 0.158. The number of nitrogens with zero attached hydrogens (tertiary/aromatic N) is 4. The minimum atomic E-state index is -3.53. The van der Waals surface area contributed by atoms with Gasteiger partial charge in [0.05, 0.1) is 19.6 Å². The van der Waals surface area contributed by atoms with Gasteiger partial charge in [0, 0.05) is 52.4 Å². The molecule has 0 N–H and O–H groups in total. The maximum atomic E-state index is 13.3. The molecule has 4 aromatic rings. The third kappa shape index (κ3) is 20.0. The summed E-state index contributed by atoms with van der Waals surface area (Å²) >= 11 is 0. The molecule has 0 radical (unpaired) electrons. The molecule has 2 heterocycles. The maximum absolute atomic E-state index is 13.3. The van der Waals surface area contributed by atoms with Crippen LogP contribution in [-0.2, 0) is 40.1 Å². The average Bonchev–Trinajstić information content (AvgIpc) is 3.39. The predicted octanol–water partition coefficient (Wildman–Crippen LogP) is 12.5. The molecule has 0 fully saturated rings. The Morgan fingerprint density at radius 3 is 0.500 bits per heavy atom. The average molecular weight is 1120 g/mol. The molecule has 0 amide bonds. The normalized spacial score (nSPS) is 20.3. The number of rotatable bonds is 8. The molecule has 16 heteroatoms. The summed E-state index contributed by atoms with van der Waals surface area (Å²) < 4.78 is 113. The minimum Gasteiger partial charge on any atom is -0.207 e. The first kappa shape index (κ1) is 62.3. The van der Waals surface area contributed by atoms with Crippen LogP contribution in [-0.4, -0.2) is 103 Å². The second kappa shape index (κ2) is 31.8. The van der Waals surface area contributed by atoms with Gasteiger partial charge in [-0.15, -0.1) is 0 Å². The van der Waals surface area contributed by atoms with Crippen molar-refractivity contribution in [3.8, 4) is 0 Å². The van der Waals surface area contributed by atoms with Crippen LogP contribution >= 0.6 is 0 Å². The molecular formula is C60H84N4O8S4. The van der Waals surface area contributed by atoms with Gasteiger partial charge in [0.15, 0.2) is 0 Å². The van der Waals surface area contributed by atoms with Crippen molar-refractivity contribution in [3.05, 3.63) is 168 Å². The van der Waals surface area contributed by atoms with Crippen molar-refractivity contribution in [1.29, 1.82) is 0 Å². The fourth-order valence-corrected chi connectivity index (χ4v) is 14.9. The van der Waals surface area contributed by atoms with Gasteiger partial charge in [-0.05, 0) is 179 Å². The predicted molar refractivity (Wildman–Crippen MR) is 310 cm³/mol. The summed E-state index contributed by atoms with van der Waals surface area (Å²) in [6.45, 7) is 11.6. The van der Waals surface area contributed by atoms with E-state index in [0.29, 0.717) is 71.9 Å². The minimum absolute atomic E-state index is 0.349. The van der Waals surface area contributed by atoms with E-state index in [0.717, 1.165) is 125 Å². The molecule has 4 aromatic carbocycles. The van der Waals surface area contributed by atoms with E-state index in [1.165, 1.54) is 0 Å². The van der Waals surface area contributed by atoms with Gasteiger partial charge in [0.1, 0.15) is 0 Å². The smallest absolute Gasteiger partial charge is 0.207 e. The van der Waals surface area contributed by atoms with Crippen LogP contribution in [0.5, 0.6) is 0 Å². The van der Waals surface area contributed by atoms with Gasteiger partial charge in [-0.25, -0.2) is 33.7 Å².